The van der Waals surface area contributed by atoms with Gasteiger partial charge < -0.3 is 14.2 Å². The van der Waals surface area contributed by atoms with E-state index < -0.39 is 0 Å². The van der Waals surface area contributed by atoms with Crippen molar-refractivity contribution in [1.29, 1.82) is 0 Å². The molecule has 2 aromatic rings. The van der Waals surface area contributed by atoms with Crippen LogP contribution >= 0.6 is 0 Å². The largest absolute Gasteiger partial charge is 0.381 e. The van der Waals surface area contributed by atoms with Gasteiger partial charge in [-0.25, -0.2) is 0 Å². The van der Waals surface area contributed by atoms with Crippen LogP contribution in [0.5, 0.6) is 0 Å². The molecule has 0 aromatic carbocycles. The van der Waals surface area contributed by atoms with Crippen LogP contribution in [0, 0.1) is 0 Å². The lowest BCUT2D eigenvalue weighted by atomic mass is 10.1. The van der Waals surface area contributed by atoms with Gasteiger partial charge in [-0.3, -0.25) is 9.78 Å². The van der Waals surface area contributed by atoms with Crippen LogP contribution in [0.25, 0.3) is 11.4 Å². The summed E-state index contributed by atoms with van der Waals surface area (Å²) in [5.74, 6) is 1.28. The Labute approximate surface area is 141 Å². The van der Waals surface area contributed by atoms with E-state index in [1.165, 1.54) is 0 Å². The zero-order valence-corrected chi connectivity index (χ0v) is 13.9. The molecule has 1 aliphatic heterocycles. The van der Waals surface area contributed by atoms with Gasteiger partial charge in [0.15, 0.2) is 0 Å². The van der Waals surface area contributed by atoms with Gasteiger partial charge >= 0.3 is 0 Å². The summed E-state index contributed by atoms with van der Waals surface area (Å²) in [6.45, 7) is 1.48. The molecular formula is C17H22N4O3. The molecular weight excluding hydrogens is 308 g/mol. The molecule has 7 nitrogen and oxygen atoms in total. The third-order valence-electron chi connectivity index (χ3n) is 4.32. The van der Waals surface area contributed by atoms with Gasteiger partial charge in [-0.05, 0) is 31.4 Å². The lowest BCUT2D eigenvalue weighted by Crippen LogP contribution is -2.40. The standard InChI is InChI=1S/C17H22N4O3/c1-21(14-7-11-23-12-8-14)16(22)4-2-3-15-19-17(20-24-15)13-5-9-18-10-6-13/h5-6,9-10,14H,2-4,7-8,11-12H2,1H3. The predicted octanol–water partition coefficient (Wildman–Crippen LogP) is 2.09. The topological polar surface area (TPSA) is 81.4 Å². The van der Waals surface area contributed by atoms with E-state index >= 15 is 0 Å². The monoisotopic (exact) mass is 330 g/mol. The molecule has 0 aliphatic carbocycles. The molecule has 0 spiro atoms. The van der Waals surface area contributed by atoms with Crippen LogP contribution in [0.2, 0.25) is 0 Å². The number of hydrogen-bond acceptors (Lipinski definition) is 6. The van der Waals surface area contributed by atoms with Gasteiger partial charge in [-0.15, -0.1) is 0 Å². The van der Waals surface area contributed by atoms with Crippen molar-refractivity contribution in [2.45, 2.75) is 38.1 Å². The van der Waals surface area contributed by atoms with Crippen molar-refractivity contribution in [3.05, 3.63) is 30.4 Å². The zero-order chi connectivity index (χ0) is 16.8. The van der Waals surface area contributed by atoms with Gasteiger partial charge in [0.05, 0.1) is 0 Å². The van der Waals surface area contributed by atoms with Gasteiger partial charge in [0.25, 0.3) is 0 Å². The fraction of sp³-hybridized carbons (Fsp3) is 0.529. The van der Waals surface area contributed by atoms with E-state index in [2.05, 4.69) is 15.1 Å². The first kappa shape index (κ1) is 16.6. The molecule has 1 saturated heterocycles. The van der Waals surface area contributed by atoms with E-state index in [9.17, 15) is 4.79 Å². The minimum atomic E-state index is 0.163. The second kappa shape index (κ2) is 8.01. The van der Waals surface area contributed by atoms with Crippen molar-refractivity contribution in [2.24, 2.45) is 0 Å². The van der Waals surface area contributed by atoms with Crippen molar-refractivity contribution in [2.75, 3.05) is 20.3 Å². The van der Waals surface area contributed by atoms with Crippen molar-refractivity contribution in [3.63, 3.8) is 0 Å². The number of hydrogen-bond donors (Lipinski definition) is 0. The molecule has 1 amide bonds. The van der Waals surface area contributed by atoms with E-state index in [4.69, 9.17) is 9.26 Å². The lowest BCUT2D eigenvalue weighted by Gasteiger charge is -2.31. The molecule has 24 heavy (non-hydrogen) atoms. The number of nitrogens with zero attached hydrogens (tertiary/aromatic N) is 4. The summed E-state index contributed by atoms with van der Waals surface area (Å²) in [6.07, 6.45) is 7.01. The molecule has 3 heterocycles. The molecule has 3 rings (SSSR count). The van der Waals surface area contributed by atoms with Crippen LogP contribution in [-0.2, 0) is 16.0 Å². The number of carbonyl (C=O) groups excluding carboxylic acids is 1. The Morgan fingerprint density at radius 2 is 2.04 bits per heavy atom. The SMILES string of the molecule is CN(C(=O)CCCc1nc(-c2ccncc2)no1)C1CCOCC1. The number of carbonyl (C=O) groups is 1. The van der Waals surface area contributed by atoms with Gasteiger partial charge in [0, 0.05) is 57.1 Å². The smallest absolute Gasteiger partial charge is 0.226 e. The molecule has 0 radical (unpaired) electrons. The van der Waals surface area contributed by atoms with E-state index in [0.29, 0.717) is 37.0 Å². The summed E-state index contributed by atoms with van der Waals surface area (Å²) in [5.41, 5.74) is 0.871. The summed E-state index contributed by atoms with van der Waals surface area (Å²) >= 11 is 0. The van der Waals surface area contributed by atoms with E-state index in [1.807, 2.05) is 24.1 Å². The number of aromatic nitrogens is 3. The maximum Gasteiger partial charge on any atom is 0.226 e. The highest BCUT2D eigenvalue weighted by Gasteiger charge is 2.22. The van der Waals surface area contributed by atoms with Gasteiger partial charge in [-0.1, -0.05) is 5.16 Å². The van der Waals surface area contributed by atoms with Gasteiger partial charge in [0.1, 0.15) is 0 Å². The average molecular weight is 330 g/mol. The molecule has 0 atom stereocenters. The molecule has 0 bridgehead atoms. The van der Waals surface area contributed by atoms with Crippen molar-refractivity contribution >= 4 is 5.91 Å². The highest BCUT2D eigenvalue weighted by molar-refractivity contribution is 5.76. The number of amides is 1. The van der Waals surface area contributed by atoms with Gasteiger partial charge in [0.2, 0.25) is 17.6 Å². The van der Waals surface area contributed by atoms with Crippen LogP contribution in [-0.4, -0.2) is 52.2 Å². The quantitative estimate of drug-likeness (QED) is 0.807. The highest BCUT2D eigenvalue weighted by Crippen LogP contribution is 2.16. The summed E-state index contributed by atoms with van der Waals surface area (Å²) in [7, 11) is 1.88. The molecule has 128 valence electrons. The van der Waals surface area contributed by atoms with Crippen LogP contribution in [0.1, 0.15) is 31.6 Å². The Bertz CT molecular complexity index is 653. The van der Waals surface area contributed by atoms with Crippen LogP contribution in [0.3, 0.4) is 0 Å². The van der Waals surface area contributed by atoms with E-state index in [1.54, 1.807) is 12.4 Å². The third kappa shape index (κ3) is 4.17. The maximum absolute atomic E-state index is 12.3. The van der Waals surface area contributed by atoms with E-state index in [0.717, 1.165) is 31.6 Å². The van der Waals surface area contributed by atoms with Crippen LogP contribution in [0.4, 0.5) is 0 Å². The van der Waals surface area contributed by atoms with Gasteiger partial charge in [-0.2, -0.15) is 4.98 Å². The summed E-state index contributed by atoms with van der Waals surface area (Å²) in [6, 6.07) is 3.97. The van der Waals surface area contributed by atoms with E-state index in [-0.39, 0.29) is 5.91 Å². The maximum atomic E-state index is 12.3. The summed E-state index contributed by atoms with van der Waals surface area (Å²) < 4.78 is 10.6. The zero-order valence-electron chi connectivity index (χ0n) is 13.9. The lowest BCUT2D eigenvalue weighted by molar-refractivity contribution is -0.133. The summed E-state index contributed by atoms with van der Waals surface area (Å²) in [4.78, 5) is 22.5. The fourth-order valence-electron chi connectivity index (χ4n) is 2.82. The van der Waals surface area contributed by atoms with Crippen molar-refractivity contribution in [1.82, 2.24) is 20.0 Å². The first-order valence-electron chi connectivity index (χ1n) is 8.30. The molecule has 0 N–H and O–H groups in total. The summed E-state index contributed by atoms with van der Waals surface area (Å²) in [5, 5.41) is 3.97. The third-order valence-corrected chi connectivity index (χ3v) is 4.32. The Morgan fingerprint density at radius 1 is 1.29 bits per heavy atom. The molecule has 0 saturated carbocycles. The average Bonchev–Trinajstić information content (AvgIpc) is 3.11. The Balaban J connectivity index is 1.46. The number of pyridine rings is 1. The van der Waals surface area contributed by atoms with Crippen LogP contribution < -0.4 is 0 Å². The fourth-order valence-corrected chi connectivity index (χ4v) is 2.82. The van der Waals surface area contributed by atoms with Crippen LogP contribution in [0.15, 0.2) is 29.0 Å². The van der Waals surface area contributed by atoms with Crippen molar-refractivity contribution < 1.29 is 14.1 Å². The highest BCUT2D eigenvalue weighted by atomic mass is 16.5. The molecule has 1 aliphatic rings. The molecule has 1 fully saturated rings. The Hall–Kier alpha value is -2.28. The molecule has 0 unspecified atom stereocenters. The second-order valence-corrected chi connectivity index (χ2v) is 5.95. The first-order valence-corrected chi connectivity index (χ1v) is 8.30. The minimum Gasteiger partial charge on any atom is -0.381 e. The Morgan fingerprint density at radius 3 is 2.79 bits per heavy atom. The number of aryl methyl sites for hydroxylation is 1. The number of rotatable bonds is 6. The molecule has 7 heteroatoms. The number of ether oxygens (including phenoxy) is 1. The Kier molecular flexibility index (Phi) is 5.53. The normalized spacial score (nSPS) is 15.4. The minimum absolute atomic E-state index is 0.163. The predicted molar refractivity (Wildman–Crippen MR) is 87.1 cm³/mol. The second-order valence-electron chi connectivity index (χ2n) is 5.95. The first-order chi connectivity index (χ1) is 11.7. The van der Waals surface area contributed by atoms with Crippen molar-refractivity contribution in [3.8, 4) is 11.4 Å². The molecule has 2 aromatic heterocycles.